The topological polar surface area (TPSA) is 80.7 Å². The van der Waals surface area contributed by atoms with E-state index in [2.05, 4.69) is 0 Å². The summed E-state index contributed by atoms with van der Waals surface area (Å²) in [6, 6.07) is 27.8. The summed E-state index contributed by atoms with van der Waals surface area (Å²) >= 11 is -2.48. The normalized spacial score (nSPS) is 11.9. The Balaban J connectivity index is 1.56. The van der Waals surface area contributed by atoms with Gasteiger partial charge in [0.25, 0.3) is 0 Å². The maximum atomic E-state index is 12.2. The Morgan fingerprint density at radius 2 is 1.53 bits per heavy atom. The Kier molecular flexibility index (Phi) is 6.63. The Morgan fingerprint density at radius 1 is 0.844 bits per heavy atom. The monoisotopic (exact) mass is 444 g/mol. The first kappa shape index (κ1) is 21.7. The summed E-state index contributed by atoms with van der Waals surface area (Å²) in [6.45, 7) is 0. The van der Waals surface area contributed by atoms with Crippen molar-refractivity contribution in [3.63, 3.8) is 0 Å². The first-order valence-electron chi connectivity index (χ1n) is 10.3. The molecule has 1 unspecified atom stereocenters. The number of hydrogen-bond acceptors (Lipinski definition) is 3. The number of fused-ring (bicyclic) bond motifs is 1. The smallest absolute Gasteiger partial charge is 0.335 e. The molecule has 0 radical (unpaired) electrons. The van der Waals surface area contributed by atoms with E-state index >= 15 is 0 Å². The molecule has 1 atom stereocenters. The highest BCUT2D eigenvalue weighted by Crippen LogP contribution is 2.32. The summed E-state index contributed by atoms with van der Waals surface area (Å²) in [6.07, 6.45) is 2.27. The largest absolute Gasteiger partial charge is 0.755 e. The van der Waals surface area contributed by atoms with Crippen molar-refractivity contribution in [2.24, 2.45) is 0 Å². The third-order valence-electron chi connectivity index (χ3n) is 5.44. The molecule has 4 aromatic carbocycles. The van der Waals surface area contributed by atoms with Crippen LogP contribution in [0.5, 0.6) is 0 Å². The first-order chi connectivity index (χ1) is 15.5. The molecular weight excluding hydrogens is 422 g/mol. The minimum atomic E-state index is -2.48. The molecule has 0 amide bonds. The number of para-hydroxylation sites is 1. The van der Waals surface area contributed by atoms with Crippen molar-refractivity contribution in [2.45, 2.75) is 19.3 Å². The van der Waals surface area contributed by atoms with Gasteiger partial charge in [0, 0.05) is 0 Å². The van der Waals surface area contributed by atoms with Crippen LogP contribution in [0.4, 0.5) is 11.4 Å². The maximum Gasteiger partial charge on any atom is 0.335 e. The van der Waals surface area contributed by atoms with Crippen molar-refractivity contribution in [1.82, 2.24) is 0 Å². The molecule has 0 spiro atoms. The number of carboxylic acid groups (broad SMARTS) is 1. The lowest BCUT2D eigenvalue weighted by atomic mass is 10.0. The van der Waals surface area contributed by atoms with Gasteiger partial charge in [-0.3, -0.25) is 8.51 Å². The summed E-state index contributed by atoms with van der Waals surface area (Å²) in [4.78, 5) is 11.0. The average Bonchev–Trinajstić information content (AvgIpc) is 2.80. The van der Waals surface area contributed by atoms with Crippen LogP contribution in [0.15, 0.2) is 91.0 Å². The molecule has 6 heteroatoms. The lowest BCUT2D eigenvalue weighted by Crippen LogP contribution is -2.21. The molecule has 32 heavy (non-hydrogen) atoms. The summed E-state index contributed by atoms with van der Waals surface area (Å²) in [7, 11) is 0. The number of hydrogen-bond donors (Lipinski definition) is 1. The number of benzene rings is 4. The van der Waals surface area contributed by atoms with E-state index in [1.807, 2.05) is 78.9 Å². The molecule has 4 rings (SSSR count). The van der Waals surface area contributed by atoms with Crippen LogP contribution >= 0.6 is 0 Å². The summed E-state index contributed by atoms with van der Waals surface area (Å²) in [5.41, 5.74) is 3.48. The zero-order valence-corrected chi connectivity index (χ0v) is 18.1. The fraction of sp³-hybridized carbons (Fsp3) is 0.115. The lowest BCUT2D eigenvalue weighted by molar-refractivity contribution is 0.0697. The van der Waals surface area contributed by atoms with Gasteiger partial charge in [-0.1, -0.05) is 60.7 Å². The SMILES string of the molecule is O=C(O)c1ccc(CCCc2ccccc2N(c2ccc3ccccc3c2)S(=O)[O-])cc1. The van der Waals surface area contributed by atoms with Crippen molar-refractivity contribution in [2.75, 3.05) is 4.31 Å². The minimum Gasteiger partial charge on any atom is -0.755 e. The molecule has 0 saturated carbocycles. The van der Waals surface area contributed by atoms with E-state index in [0.29, 0.717) is 17.8 Å². The fourth-order valence-corrected chi connectivity index (χ4v) is 4.45. The predicted molar refractivity (Wildman–Crippen MR) is 127 cm³/mol. The van der Waals surface area contributed by atoms with Gasteiger partial charge >= 0.3 is 5.97 Å². The number of carbonyl (C=O) groups is 1. The number of aromatic carboxylic acids is 1. The van der Waals surface area contributed by atoms with E-state index < -0.39 is 17.2 Å². The quantitative estimate of drug-likeness (QED) is 0.356. The van der Waals surface area contributed by atoms with E-state index in [1.165, 1.54) is 4.31 Å². The van der Waals surface area contributed by atoms with Crippen LogP contribution in [0.1, 0.15) is 27.9 Å². The third kappa shape index (κ3) is 4.88. The highest BCUT2D eigenvalue weighted by Gasteiger charge is 2.15. The Bertz CT molecular complexity index is 1270. The van der Waals surface area contributed by atoms with Gasteiger partial charge in [-0.25, -0.2) is 4.79 Å². The molecule has 0 aliphatic heterocycles. The van der Waals surface area contributed by atoms with E-state index in [1.54, 1.807) is 12.1 Å². The van der Waals surface area contributed by atoms with Gasteiger partial charge in [0.15, 0.2) is 0 Å². The van der Waals surface area contributed by atoms with Gasteiger partial charge in [0.05, 0.1) is 28.2 Å². The molecule has 0 heterocycles. The molecule has 162 valence electrons. The van der Waals surface area contributed by atoms with Crippen molar-refractivity contribution in [3.8, 4) is 0 Å². The molecule has 5 nitrogen and oxygen atoms in total. The summed E-state index contributed by atoms with van der Waals surface area (Å²) < 4.78 is 25.8. The van der Waals surface area contributed by atoms with Gasteiger partial charge in [0.1, 0.15) is 0 Å². The van der Waals surface area contributed by atoms with Crippen molar-refractivity contribution < 1.29 is 18.7 Å². The van der Waals surface area contributed by atoms with Crippen molar-refractivity contribution in [1.29, 1.82) is 0 Å². The second-order valence-electron chi connectivity index (χ2n) is 7.53. The van der Waals surface area contributed by atoms with E-state index in [-0.39, 0.29) is 5.56 Å². The molecular formula is C26H22NO4S-. The Morgan fingerprint density at radius 3 is 2.25 bits per heavy atom. The number of nitrogens with zero attached hydrogens (tertiary/aromatic N) is 1. The highest BCUT2D eigenvalue weighted by molar-refractivity contribution is 7.81. The zero-order valence-electron chi connectivity index (χ0n) is 17.3. The average molecular weight is 445 g/mol. The second-order valence-corrected chi connectivity index (χ2v) is 8.33. The van der Waals surface area contributed by atoms with Crippen LogP contribution < -0.4 is 4.31 Å². The molecule has 4 aromatic rings. The molecule has 0 bridgehead atoms. The number of rotatable bonds is 8. The van der Waals surface area contributed by atoms with E-state index in [0.717, 1.165) is 34.7 Å². The molecule has 0 aromatic heterocycles. The lowest BCUT2D eigenvalue weighted by Gasteiger charge is -2.29. The van der Waals surface area contributed by atoms with E-state index in [4.69, 9.17) is 5.11 Å². The maximum absolute atomic E-state index is 12.2. The van der Waals surface area contributed by atoms with Crippen LogP contribution in [-0.4, -0.2) is 19.8 Å². The van der Waals surface area contributed by atoms with Crippen LogP contribution in [0, 0.1) is 0 Å². The zero-order chi connectivity index (χ0) is 22.5. The number of carboxylic acids is 1. The minimum absolute atomic E-state index is 0.267. The summed E-state index contributed by atoms with van der Waals surface area (Å²) in [5.74, 6) is -0.940. The molecule has 1 N–H and O–H groups in total. The van der Waals surface area contributed by atoms with Crippen LogP contribution in [-0.2, 0) is 24.1 Å². The van der Waals surface area contributed by atoms with Gasteiger partial charge < -0.3 is 9.66 Å². The van der Waals surface area contributed by atoms with E-state index in [9.17, 15) is 13.6 Å². The fourth-order valence-electron chi connectivity index (χ4n) is 3.83. The third-order valence-corrected chi connectivity index (χ3v) is 6.15. The molecule has 0 aliphatic rings. The molecule has 0 saturated heterocycles. The van der Waals surface area contributed by atoms with Gasteiger partial charge in [0.2, 0.25) is 0 Å². The van der Waals surface area contributed by atoms with Crippen LogP contribution in [0.3, 0.4) is 0 Å². The molecule has 0 fully saturated rings. The molecule has 0 aliphatic carbocycles. The Hall–Kier alpha value is -3.48. The summed E-state index contributed by atoms with van der Waals surface area (Å²) in [5, 5.41) is 11.1. The standard InChI is InChI=1S/C26H23NO4S/c28-26(29)22-14-12-19(13-15-22)6-5-10-21-8-3-4-11-25(21)27(32(30)31)24-17-16-20-7-1-2-9-23(20)18-24/h1-4,7-9,11-18H,5-6,10H2,(H,28,29)(H,30,31)/p-1. The van der Waals surface area contributed by atoms with Crippen molar-refractivity contribution >= 4 is 39.4 Å². The number of anilines is 2. The van der Waals surface area contributed by atoms with Gasteiger partial charge in [-0.2, -0.15) is 0 Å². The van der Waals surface area contributed by atoms with Crippen molar-refractivity contribution in [3.05, 3.63) is 108 Å². The van der Waals surface area contributed by atoms with Gasteiger partial charge in [-0.15, -0.1) is 0 Å². The second kappa shape index (κ2) is 9.77. The van der Waals surface area contributed by atoms with Crippen LogP contribution in [0.25, 0.3) is 10.8 Å². The predicted octanol–water partition coefficient (Wildman–Crippen LogP) is 5.65. The highest BCUT2D eigenvalue weighted by atomic mass is 32.2. The Labute approximate surface area is 189 Å². The van der Waals surface area contributed by atoms with Crippen LogP contribution in [0.2, 0.25) is 0 Å². The first-order valence-corrected chi connectivity index (χ1v) is 11.3. The van der Waals surface area contributed by atoms with Gasteiger partial charge in [-0.05, 0) is 71.5 Å². The number of aryl methyl sites for hydroxylation is 2.